The molecule has 0 saturated carbocycles. The van der Waals surface area contributed by atoms with Crippen LogP contribution in [-0.2, 0) is 16.7 Å². The molecule has 1 saturated heterocycles. The van der Waals surface area contributed by atoms with Crippen molar-refractivity contribution in [3.63, 3.8) is 0 Å². The fourth-order valence-electron chi connectivity index (χ4n) is 2.66. The molecule has 1 aliphatic rings. The van der Waals surface area contributed by atoms with Crippen molar-refractivity contribution in [3.8, 4) is 0 Å². The molecule has 8 heteroatoms. The van der Waals surface area contributed by atoms with Gasteiger partial charge in [-0.25, -0.2) is 18.4 Å². The highest BCUT2D eigenvalue weighted by Gasteiger charge is 2.17. The number of rotatable bonds is 3. The molecule has 0 amide bonds. The summed E-state index contributed by atoms with van der Waals surface area (Å²) in [5.74, 6) is -0.484. The number of hydrogen-bond acceptors (Lipinski definition) is 5. The molecule has 2 N–H and O–H groups in total. The fraction of sp³-hybridized carbons (Fsp3) is 0.462. The minimum atomic E-state index is -3.81. The van der Waals surface area contributed by atoms with Crippen LogP contribution in [0.1, 0.15) is 19.3 Å². The standard InChI is InChI=1S/C13H17N3O4S/c14-21(18,19)10-4-5-11-12(8-10)20-13(17)16(11)9-15-6-2-1-3-7-15/h4-5,8H,1-3,6-7,9H2,(H2,14,18,19). The van der Waals surface area contributed by atoms with Crippen LogP contribution in [0.2, 0.25) is 0 Å². The van der Waals surface area contributed by atoms with Crippen molar-refractivity contribution in [2.45, 2.75) is 30.8 Å². The van der Waals surface area contributed by atoms with Gasteiger partial charge in [0.15, 0.2) is 5.58 Å². The van der Waals surface area contributed by atoms with Crippen LogP contribution in [0.5, 0.6) is 0 Å². The summed E-state index contributed by atoms with van der Waals surface area (Å²) in [6, 6.07) is 4.24. The van der Waals surface area contributed by atoms with E-state index in [1.54, 1.807) is 6.07 Å². The molecule has 1 aromatic heterocycles. The molecule has 0 aliphatic carbocycles. The molecule has 1 aliphatic heterocycles. The molecule has 1 fully saturated rings. The van der Waals surface area contributed by atoms with Gasteiger partial charge in [-0.15, -0.1) is 0 Å². The summed E-state index contributed by atoms with van der Waals surface area (Å²) in [5, 5.41) is 5.08. The van der Waals surface area contributed by atoms with E-state index in [1.165, 1.54) is 23.1 Å². The number of primary sulfonamides is 1. The Morgan fingerprint density at radius 1 is 1.19 bits per heavy atom. The quantitative estimate of drug-likeness (QED) is 0.899. The molecule has 21 heavy (non-hydrogen) atoms. The van der Waals surface area contributed by atoms with Crippen molar-refractivity contribution in [1.29, 1.82) is 0 Å². The molecule has 0 unspecified atom stereocenters. The van der Waals surface area contributed by atoms with E-state index in [9.17, 15) is 13.2 Å². The zero-order valence-electron chi connectivity index (χ0n) is 11.5. The smallest absolute Gasteiger partial charge is 0.408 e. The second kappa shape index (κ2) is 5.28. The van der Waals surface area contributed by atoms with Gasteiger partial charge in [0.2, 0.25) is 10.0 Å². The maximum Gasteiger partial charge on any atom is 0.421 e. The first-order valence-corrected chi connectivity index (χ1v) is 8.38. The summed E-state index contributed by atoms with van der Waals surface area (Å²) in [4.78, 5) is 14.1. The van der Waals surface area contributed by atoms with Gasteiger partial charge in [-0.05, 0) is 38.1 Å². The van der Waals surface area contributed by atoms with Crippen molar-refractivity contribution in [1.82, 2.24) is 9.47 Å². The van der Waals surface area contributed by atoms with Crippen LogP contribution < -0.4 is 10.9 Å². The molecule has 0 atom stereocenters. The van der Waals surface area contributed by atoms with Gasteiger partial charge in [-0.2, -0.15) is 0 Å². The Morgan fingerprint density at radius 3 is 2.57 bits per heavy atom. The number of piperidine rings is 1. The Labute approximate surface area is 122 Å². The van der Waals surface area contributed by atoms with Gasteiger partial charge in [-0.1, -0.05) is 6.42 Å². The molecule has 1 aromatic carbocycles. The predicted octanol–water partition coefficient (Wildman–Crippen LogP) is 0.685. The molecule has 0 bridgehead atoms. The lowest BCUT2D eigenvalue weighted by molar-refractivity contribution is 0.179. The first kappa shape index (κ1) is 14.3. The third kappa shape index (κ3) is 2.87. The molecule has 0 spiro atoms. The van der Waals surface area contributed by atoms with Gasteiger partial charge in [-0.3, -0.25) is 9.47 Å². The summed E-state index contributed by atoms with van der Waals surface area (Å²) in [6.45, 7) is 2.36. The van der Waals surface area contributed by atoms with Gasteiger partial charge < -0.3 is 4.42 Å². The average molecular weight is 311 g/mol. The van der Waals surface area contributed by atoms with Crippen molar-refractivity contribution in [2.24, 2.45) is 5.14 Å². The van der Waals surface area contributed by atoms with E-state index in [0.717, 1.165) is 25.9 Å². The number of aromatic nitrogens is 1. The largest absolute Gasteiger partial charge is 0.421 e. The second-order valence-electron chi connectivity index (χ2n) is 5.29. The molecule has 3 rings (SSSR count). The lowest BCUT2D eigenvalue weighted by Crippen LogP contribution is -2.34. The Balaban J connectivity index is 1.99. The van der Waals surface area contributed by atoms with Crippen LogP contribution >= 0.6 is 0 Å². The molecular formula is C13H17N3O4S. The predicted molar refractivity (Wildman–Crippen MR) is 77.3 cm³/mol. The number of benzene rings is 1. The lowest BCUT2D eigenvalue weighted by atomic mass is 10.1. The van der Waals surface area contributed by atoms with Crippen LogP contribution in [-0.4, -0.2) is 31.0 Å². The highest BCUT2D eigenvalue weighted by molar-refractivity contribution is 7.89. The van der Waals surface area contributed by atoms with Crippen molar-refractivity contribution < 1.29 is 12.8 Å². The van der Waals surface area contributed by atoms with Gasteiger partial charge in [0, 0.05) is 6.07 Å². The van der Waals surface area contributed by atoms with Gasteiger partial charge in [0.25, 0.3) is 0 Å². The van der Waals surface area contributed by atoms with E-state index in [1.807, 2.05) is 0 Å². The van der Waals surface area contributed by atoms with Crippen LogP contribution in [0.25, 0.3) is 11.1 Å². The van der Waals surface area contributed by atoms with Gasteiger partial charge in [0.05, 0.1) is 17.1 Å². The molecule has 2 heterocycles. The van der Waals surface area contributed by atoms with Crippen LogP contribution in [0, 0.1) is 0 Å². The van der Waals surface area contributed by atoms with Crippen molar-refractivity contribution in [3.05, 3.63) is 28.7 Å². The molecule has 7 nitrogen and oxygen atoms in total. The van der Waals surface area contributed by atoms with Crippen LogP contribution in [0.15, 0.2) is 32.3 Å². The zero-order valence-corrected chi connectivity index (χ0v) is 12.3. The monoisotopic (exact) mass is 311 g/mol. The number of nitrogens with two attached hydrogens (primary N) is 1. The summed E-state index contributed by atoms with van der Waals surface area (Å²) in [5.41, 5.74) is 0.821. The summed E-state index contributed by atoms with van der Waals surface area (Å²) in [6.07, 6.45) is 3.47. The average Bonchev–Trinajstić information content (AvgIpc) is 2.75. The van der Waals surface area contributed by atoms with Crippen molar-refractivity contribution >= 4 is 21.1 Å². The van der Waals surface area contributed by atoms with E-state index >= 15 is 0 Å². The van der Waals surface area contributed by atoms with E-state index in [-0.39, 0.29) is 10.5 Å². The summed E-state index contributed by atoms with van der Waals surface area (Å²) in [7, 11) is -3.81. The third-order valence-corrected chi connectivity index (χ3v) is 4.67. The summed E-state index contributed by atoms with van der Waals surface area (Å²) < 4.78 is 29.3. The number of oxazole rings is 1. The normalized spacial score (nSPS) is 17.4. The maximum absolute atomic E-state index is 12.0. The number of sulfonamides is 1. The van der Waals surface area contributed by atoms with Crippen LogP contribution in [0.4, 0.5) is 0 Å². The first-order chi connectivity index (χ1) is 9.95. The highest BCUT2D eigenvalue weighted by Crippen LogP contribution is 2.19. The van der Waals surface area contributed by atoms with E-state index in [4.69, 9.17) is 9.56 Å². The van der Waals surface area contributed by atoms with E-state index in [0.29, 0.717) is 12.2 Å². The van der Waals surface area contributed by atoms with Gasteiger partial charge in [0.1, 0.15) is 0 Å². The Hall–Kier alpha value is -1.64. The second-order valence-corrected chi connectivity index (χ2v) is 6.85. The van der Waals surface area contributed by atoms with Crippen molar-refractivity contribution in [2.75, 3.05) is 13.1 Å². The molecular weight excluding hydrogens is 294 g/mol. The van der Waals surface area contributed by atoms with E-state index in [2.05, 4.69) is 4.90 Å². The highest BCUT2D eigenvalue weighted by atomic mass is 32.2. The molecule has 2 aromatic rings. The minimum Gasteiger partial charge on any atom is -0.408 e. The third-order valence-electron chi connectivity index (χ3n) is 3.76. The zero-order chi connectivity index (χ0) is 15.0. The number of nitrogens with zero attached hydrogens (tertiary/aromatic N) is 2. The lowest BCUT2D eigenvalue weighted by Gasteiger charge is -2.26. The fourth-order valence-corrected chi connectivity index (χ4v) is 3.19. The molecule has 114 valence electrons. The number of fused-ring (bicyclic) bond motifs is 1. The Bertz CT molecular complexity index is 816. The Morgan fingerprint density at radius 2 is 1.90 bits per heavy atom. The number of likely N-dealkylation sites (tertiary alicyclic amines) is 1. The first-order valence-electron chi connectivity index (χ1n) is 6.84. The molecule has 0 radical (unpaired) electrons. The van der Waals surface area contributed by atoms with Crippen LogP contribution in [0.3, 0.4) is 0 Å². The number of hydrogen-bond donors (Lipinski definition) is 1. The van der Waals surface area contributed by atoms with Gasteiger partial charge >= 0.3 is 5.76 Å². The Kier molecular flexibility index (Phi) is 3.60. The summed E-state index contributed by atoms with van der Waals surface area (Å²) >= 11 is 0. The maximum atomic E-state index is 12.0. The topological polar surface area (TPSA) is 98.5 Å². The SMILES string of the molecule is NS(=O)(=O)c1ccc2c(c1)oc(=O)n2CN1CCCCC1. The minimum absolute atomic E-state index is 0.0612. The van der Waals surface area contributed by atoms with E-state index < -0.39 is 15.8 Å².